The molecule has 6 N–H and O–H groups in total. The molecule has 0 atom stereocenters. The molecule has 0 spiro atoms. The summed E-state index contributed by atoms with van der Waals surface area (Å²) in [7, 11) is -3.59. The third kappa shape index (κ3) is 6.72. The topological polar surface area (TPSA) is 145 Å². The Morgan fingerprint density at radius 2 is 1.68 bits per heavy atom. The molecule has 8 nitrogen and oxygen atoms in total. The van der Waals surface area contributed by atoms with Crippen LogP contribution in [0.2, 0.25) is 0 Å². The molecule has 3 aromatic carbocycles. The summed E-state index contributed by atoms with van der Waals surface area (Å²) in [6.07, 6.45) is -0.0653. The lowest BCUT2D eigenvalue weighted by Crippen LogP contribution is -2.25. The molecule has 0 aliphatic rings. The van der Waals surface area contributed by atoms with Gasteiger partial charge in [0.2, 0.25) is 5.91 Å². The van der Waals surface area contributed by atoms with Crippen molar-refractivity contribution in [2.24, 2.45) is 5.73 Å². The quantitative estimate of drug-likeness (QED) is 0.173. The molecule has 0 saturated carbocycles. The number of amidine groups is 1. The summed E-state index contributed by atoms with van der Waals surface area (Å²) in [4.78, 5) is 12.7. The van der Waals surface area contributed by atoms with Gasteiger partial charge in [0.15, 0.2) is 9.84 Å². The number of sulfone groups is 1. The number of nitrogens with two attached hydrogens (primary N) is 1. The second kappa shape index (κ2) is 11.5. The van der Waals surface area contributed by atoms with E-state index in [0.29, 0.717) is 16.7 Å². The number of phenols is 1. The van der Waals surface area contributed by atoms with Gasteiger partial charge in [0.05, 0.1) is 17.0 Å². The number of nitrogens with one attached hydrogen (secondary N) is 3. The van der Waals surface area contributed by atoms with Gasteiger partial charge in [-0.1, -0.05) is 48.5 Å². The van der Waals surface area contributed by atoms with Gasteiger partial charge in [0, 0.05) is 17.7 Å². The van der Waals surface area contributed by atoms with E-state index in [0.717, 1.165) is 5.56 Å². The standard InChI is InChI=1S/C24H26N4O4S.ClH/c1-16-7-12-21(28-15-33(31,32)19-5-3-2-4-6-19)23(30)20(16)13-22(29)27-14-17-8-10-18(11-9-17)24(25)26;/h2-12,28,30H,13-15H2,1H3,(H3,25,26)(H,27,29);1H. The van der Waals surface area contributed by atoms with E-state index >= 15 is 0 Å². The van der Waals surface area contributed by atoms with Crippen LogP contribution in [0.15, 0.2) is 71.6 Å². The summed E-state index contributed by atoms with van der Waals surface area (Å²) in [5.41, 5.74) is 8.25. The van der Waals surface area contributed by atoms with Crippen molar-refractivity contribution in [1.29, 1.82) is 5.41 Å². The van der Waals surface area contributed by atoms with E-state index in [1.54, 1.807) is 61.5 Å². The number of benzene rings is 3. The van der Waals surface area contributed by atoms with Crippen LogP contribution < -0.4 is 16.4 Å². The number of aromatic hydroxyl groups is 1. The molecule has 3 aromatic rings. The zero-order chi connectivity index (χ0) is 24.0. The van der Waals surface area contributed by atoms with Crippen LogP contribution in [-0.2, 0) is 27.6 Å². The SMILES string of the molecule is Cc1ccc(NCS(=O)(=O)c2ccccc2)c(O)c1CC(=O)NCc1ccc(C(=N)N)cc1.Cl. The van der Waals surface area contributed by atoms with Gasteiger partial charge in [0.25, 0.3) is 0 Å². The molecule has 0 aromatic heterocycles. The van der Waals surface area contributed by atoms with Crippen LogP contribution in [0.4, 0.5) is 5.69 Å². The minimum absolute atomic E-state index is 0. The maximum Gasteiger partial charge on any atom is 0.224 e. The first-order valence-electron chi connectivity index (χ1n) is 10.2. The number of halogens is 1. The summed E-state index contributed by atoms with van der Waals surface area (Å²) < 4.78 is 25.0. The number of carbonyl (C=O) groups excluding carboxylic acids is 1. The van der Waals surface area contributed by atoms with Crippen LogP contribution in [0, 0.1) is 12.3 Å². The first-order chi connectivity index (χ1) is 15.7. The summed E-state index contributed by atoms with van der Waals surface area (Å²) in [5.74, 6) is -0.867. The minimum Gasteiger partial charge on any atom is -0.505 e. The van der Waals surface area contributed by atoms with E-state index in [-0.39, 0.29) is 53.4 Å². The van der Waals surface area contributed by atoms with Crippen molar-refractivity contribution in [2.45, 2.75) is 24.8 Å². The highest BCUT2D eigenvalue weighted by molar-refractivity contribution is 7.91. The second-order valence-electron chi connectivity index (χ2n) is 7.57. The summed E-state index contributed by atoms with van der Waals surface area (Å²) in [5, 5.41) is 23.7. The Kier molecular flexibility index (Phi) is 9.05. The molecule has 0 heterocycles. The number of carbonyl (C=O) groups is 1. The Morgan fingerprint density at radius 3 is 2.29 bits per heavy atom. The molecule has 0 saturated heterocycles. The van der Waals surface area contributed by atoms with E-state index in [4.69, 9.17) is 11.1 Å². The molecule has 0 bridgehead atoms. The molecule has 180 valence electrons. The Labute approximate surface area is 205 Å². The fourth-order valence-electron chi connectivity index (χ4n) is 3.21. The molecule has 0 fully saturated rings. The molecule has 0 aliphatic heterocycles. The van der Waals surface area contributed by atoms with Gasteiger partial charge < -0.3 is 21.5 Å². The van der Waals surface area contributed by atoms with Gasteiger partial charge in [-0.2, -0.15) is 0 Å². The van der Waals surface area contributed by atoms with Gasteiger partial charge in [-0.05, 0) is 36.2 Å². The number of aryl methyl sites for hydroxylation is 1. The van der Waals surface area contributed by atoms with Crippen molar-refractivity contribution >= 4 is 39.7 Å². The number of anilines is 1. The zero-order valence-electron chi connectivity index (χ0n) is 18.5. The number of rotatable bonds is 9. The smallest absolute Gasteiger partial charge is 0.224 e. The number of hydrogen-bond donors (Lipinski definition) is 5. The van der Waals surface area contributed by atoms with E-state index in [1.807, 2.05) is 0 Å². The highest BCUT2D eigenvalue weighted by Gasteiger charge is 2.17. The number of phenolic OH excluding ortho intramolecular Hbond substituents is 1. The van der Waals surface area contributed by atoms with Crippen molar-refractivity contribution in [3.05, 3.63) is 89.0 Å². The fourth-order valence-corrected chi connectivity index (χ4v) is 4.30. The Morgan fingerprint density at radius 1 is 1.03 bits per heavy atom. The van der Waals surface area contributed by atoms with Crippen molar-refractivity contribution in [3.8, 4) is 5.75 Å². The molecule has 0 aliphatic carbocycles. The molecule has 34 heavy (non-hydrogen) atoms. The predicted octanol–water partition coefficient (Wildman–Crippen LogP) is 3.11. The van der Waals surface area contributed by atoms with Gasteiger partial charge in [-0.3, -0.25) is 10.2 Å². The lowest BCUT2D eigenvalue weighted by molar-refractivity contribution is -0.120. The van der Waals surface area contributed by atoms with Gasteiger partial charge in [-0.25, -0.2) is 8.42 Å². The van der Waals surface area contributed by atoms with Crippen molar-refractivity contribution in [2.75, 3.05) is 11.2 Å². The first kappa shape index (κ1) is 26.7. The van der Waals surface area contributed by atoms with Gasteiger partial charge >= 0.3 is 0 Å². The van der Waals surface area contributed by atoms with Crippen molar-refractivity contribution in [1.82, 2.24) is 5.32 Å². The number of amides is 1. The predicted molar refractivity (Wildman–Crippen MR) is 135 cm³/mol. The van der Waals surface area contributed by atoms with Crippen LogP contribution in [0.25, 0.3) is 0 Å². The van der Waals surface area contributed by atoms with E-state index in [2.05, 4.69) is 10.6 Å². The van der Waals surface area contributed by atoms with Gasteiger partial charge in [-0.15, -0.1) is 12.4 Å². The Bertz CT molecular complexity index is 1260. The van der Waals surface area contributed by atoms with Crippen LogP contribution in [0.1, 0.15) is 22.3 Å². The average molecular weight is 503 g/mol. The van der Waals surface area contributed by atoms with Crippen LogP contribution in [-0.4, -0.2) is 31.1 Å². The molecule has 3 rings (SSSR count). The number of hydrogen-bond acceptors (Lipinski definition) is 6. The van der Waals surface area contributed by atoms with E-state index in [9.17, 15) is 18.3 Å². The van der Waals surface area contributed by atoms with E-state index < -0.39 is 15.7 Å². The Balaban J connectivity index is 0.00000408. The summed E-state index contributed by atoms with van der Waals surface area (Å²) in [6.45, 7) is 2.05. The van der Waals surface area contributed by atoms with Crippen LogP contribution in [0.5, 0.6) is 5.75 Å². The van der Waals surface area contributed by atoms with Crippen molar-refractivity contribution in [3.63, 3.8) is 0 Å². The fraction of sp³-hybridized carbons (Fsp3) is 0.167. The summed E-state index contributed by atoms with van der Waals surface area (Å²) >= 11 is 0. The first-order valence-corrected chi connectivity index (χ1v) is 11.9. The molecule has 10 heteroatoms. The highest BCUT2D eigenvalue weighted by atomic mass is 35.5. The Hall–Kier alpha value is -3.56. The maximum atomic E-state index is 12.5. The maximum absolute atomic E-state index is 12.5. The zero-order valence-corrected chi connectivity index (χ0v) is 20.2. The molecular formula is C24H27ClN4O4S. The van der Waals surface area contributed by atoms with Crippen LogP contribution >= 0.6 is 12.4 Å². The lowest BCUT2D eigenvalue weighted by atomic mass is 10.0. The van der Waals surface area contributed by atoms with E-state index in [1.165, 1.54) is 12.1 Å². The van der Waals surface area contributed by atoms with Crippen molar-refractivity contribution < 1.29 is 18.3 Å². The summed E-state index contributed by atoms with van der Waals surface area (Å²) in [6, 6.07) is 18.3. The molecular weight excluding hydrogens is 476 g/mol. The molecule has 0 radical (unpaired) electrons. The third-order valence-corrected chi connectivity index (χ3v) is 6.68. The minimum atomic E-state index is -3.59. The van der Waals surface area contributed by atoms with Crippen LogP contribution in [0.3, 0.4) is 0 Å². The number of nitrogen functional groups attached to an aromatic ring is 1. The molecule has 0 unspecified atom stereocenters. The average Bonchev–Trinajstić information content (AvgIpc) is 2.80. The second-order valence-corrected chi connectivity index (χ2v) is 9.56. The third-order valence-electron chi connectivity index (χ3n) is 5.16. The highest BCUT2D eigenvalue weighted by Crippen LogP contribution is 2.31. The molecule has 1 amide bonds. The largest absolute Gasteiger partial charge is 0.505 e. The monoisotopic (exact) mass is 502 g/mol. The normalized spacial score (nSPS) is 10.7. The van der Waals surface area contributed by atoms with Gasteiger partial charge in [0.1, 0.15) is 17.5 Å². The lowest BCUT2D eigenvalue weighted by Gasteiger charge is -2.15.